The molecule has 0 fully saturated rings. The average Bonchev–Trinajstić information content (AvgIpc) is 3.31. The zero-order valence-electron chi connectivity index (χ0n) is 21.1. The van der Waals surface area contributed by atoms with E-state index in [-0.39, 0.29) is 5.92 Å². The van der Waals surface area contributed by atoms with Gasteiger partial charge in [0.1, 0.15) is 11.4 Å². The van der Waals surface area contributed by atoms with E-state index in [0.29, 0.717) is 5.56 Å². The molecule has 0 amide bonds. The molecule has 2 N–H and O–H groups in total. The second-order valence-corrected chi connectivity index (χ2v) is 9.06. The Balaban J connectivity index is 1.82. The molecule has 0 aliphatic carbocycles. The number of carboxylic acids is 1. The molecule has 0 atom stereocenters. The van der Waals surface area contributed by atoms with Crippen molar-refractivity contribution in [1.82, 2.24) is 14.9 Å². The third-order valence-electron chi connectivity index (χ3n) is 6.60. The van der Waals surface area contributed by atoms with Crippen LogP contribution in [-0.4, -0.2) is 46.1 Å². The smallest absolute Gasteiger partial charge is 0.335 e. The monoisotopic (exact) mass is 471 g/mol. The number of aromatic carboxylic acids is 1. The summed E-state index contributed by atoms with van der Waals surface area (Å²) in [5.74, 6) is 0.00349. The Hall–Kier alpha value is -3.64. The van der Waals surface area contributed by atoms with Gasteiger partial charge in [-0.15, -0.1) is 0 Å². The van der Waals surface area contributed by atoms with Crippen LogP contribution in [-0.2, 0) is 6.54 Å². The highest BCUT2D eigenvalue weighted by Crippen LogP contribution is 2.36. The standard InChI is InChI=1S/C29H33N3O3/c1-6-32(7-2)17-19-8-11-27(35-5)25(14-19)26-16-23-22(12-13-30-28(23)31-26)20-9-10-21(18(3)4)24(15-20)29(33)34/h8-16,18H,6-7,17H2,1-5H3,(H,30,31)(H,33,34). The fourth-order valence-corrected chi connectivity index (χ4v) is 4.61. The number of ether oxygens (including phenoxy) is 1. The topological polar surface area (TPSA) is 78.4 Å². The fourth-order valence-electron chi connectivity index (χ4n) is 4.61. The lowest BCUT2D eigenvalue weighted by Crippen LogP contribution is -2.22. The minimum Gasteiger partial charge on any atom is -0.496 e. The van der Waals surface area contributed by atoms with Crippen molar-refractivity contribution < 1.29 is 14.6 Å². The van der Waals surface area contributed by atoms with Crippen molar-refractivity contribution in [2.75, 3.05) is 20.2 Å². The summed E-state index contributed by atoms with van der Waals surface area (Å²) in [6.45, 7) is 11.2. The number of carbonyl (C=O) groups is 1. The van der Waals surface area contributed by atoms with E-state index in [1.54, 1.807) is 19.4 Å². The van der Waals surface area contributed by atoms with Gasteiger partial charge in [-0.3, -0.25) is 4.90 Å². The number of H-pyrrole nitrogens is 1. The highest BCUT2D eigenvalue weighted by atomic mass is 16.5. The molecule has 0 saturated carbocycles. The molecule has 2 aromatic carbocycles. The first-order valence-electron chi connectivity index (χ1n) is 12.1. The second-order valence-electron chi connectivity index (χ2n) is 9.06. The Morgan fingerprint density at radius 1 is 1.06 bits per heavy atom. The van der Waals surface area contributed by atoms with E-state index < -0.39 is 5.97 Å². The number of rotatable bonds is 9. The number of pyridine rings is 1. The minimum absolute atomic E-state index is 0.127. The summed E-state index contributed by atoms with van der Waals surface area (Å²) in [5, 5.41) is 10.7. The summed E-state index contributed by atoms with van der Waals surface area (Å²) in [5.41, 5.74) is 6.81. The van der Waals surface area contributed by atoms with Gasteiger partial charge < -0.3 is 14.8 Å². The van der Waals surface area contributed by atoms with Crippen molar-refractivity contribution in [1.29, 1.82) is 0 Å². The summed E-state index contributed by atoms with van der Waals surface area (Å²) in [4.78, 5) is 22.3. The molecule has 182 valence electrons. The molecule has 2 aromatic heterocycles. The van der Waals surface area contributed by atoms with Gasteiger partial charge in [0.05, 0.1) is 18.4 Å². The van der Waals surface area contributed by atoms with Crippen LogP contribution < -0.4 is 4.74 Å². The van der Waals surface area contributed by atoms with E-state index in [9.17, 15) is 9.90 Å². The number of aromatic amines is 1. The number of fused-ring (bicyclic) bond motifs is 1. The average molecular weight is 472 g/mol. The van der Waals surface area contributed by atoms with Crippen LogP contribution >= 0.6 is 0 Å². The van der Waals surface area contributed by atoms with Crippen LogP contribution in [0.5, 0.6) is 5.75 Å². The van der Waals surface area contributed by atoms with Crippen molar-refractivity contribution in [3.05, 3.63) is 71.4 Å². The molecular formula is C29H33N3O3. The molecule has 0 unspecified atom stereocenters. The molecule has 6 nitrogen and oxygen atoms in total. The Labute approximate surface area is 206 Å². The molecule has 35 heavy (non-hydrogen) atoms. The summed E-state index contributed by atoms with van der Waals surface area (Å²) in [7, 11) is 1.68. The van der Waals surface area contributed by atoms with Crippen LogP contribution in [0.2, 0.25) is 0 Å². The molecule has 0 aliphatic rings. The van der Waals surface area contributed by atoms with Crippen LogP contribution in [0.25, 0.3) is 33.4 Å². The first-order valence-corrected chi connectivity index (χ1v) is 12.1. The lowest BCUT2D eigenvalue weighted by Gasteiger charge is -2.19. The predicted molar refractivity (Wildman–Crippen MR) is 141 cm³/mol. The second kappa shape index (κ2) is 10.3. The van der Waals surface area contributed by atoms with Gasteiger partial charge in [-0.1, -0.05) is 45.9 Å². The number of carboxylic acid groups (broad SMARTS) is 1. The van der Waals surface area contributed by atoms with Crippen molar-refractivity contribution in [2.45, 2.75) is 40.2 Å². The summed E-state index contributed by atoms with van der Waals surface area (Å²) < 4.78 is 5.68. The first-order chi connectivity index (χ1) is 16.9. The maximum Gasteiger partial charge on any atom is 0.335 e. The highest BCUT2D eigenvalue weighted by molar-refractivity contribution is 5.98. The largest absolute Gasteiger partial charge is 0.496 e. The highest BCUT2D eigenvalue weighted by Gasteiger charge is 2.17. The molecular weight excluding hydrogens is 438 g/mol. The molecule has 6 heteroatoms. The maximum absolute atomic E-state index is 11.9. The first kappa shape index (κ1) is 24.5. The summed E-state index contributed by atoms with van der Waals surface area (Å²) in [6.07, 6.45) is 1.75. The van der Waals surface area contributed by atoms with Gasteiger partial charge in [0, 0.05) is 23.7 Å². The Kier molecular flexibility index (Phi) is 7.22. The maximum atomic E-state index is 11.9. The summed E-state index contributed by atoms with van der Waals surface area (Å²) >= 11 is 0. The van der Waals surface area contributed by atoms with Crippen LogP contribution in [0.3, 0.4) is 0 Å². The van der Waals surface area contributed by atoms with Gasteiger partial charge in [0.2, 0.25) is 0 Å². The van der Waals surface area contributed by atoms with Crippen molar-refractivity contribution in [3.8, 4) is 28.1 Å². The zero-order valence-corrected chi connectivity index (χ0v) is 21.1. The molecule has 4 aromatic rings. The van der Waals surface area contributed by atoms with E-state index in [0.717, 1.165) is 64.4 Å². The van der Waals surface area contributed by atoms with Crippen LogP contribution in [0, 0.1) is 0 Å². The Morgan fingerprint density at radius 3 is 2.49 bits per heavy atom. The number of aromatic nitrogens is 2. The third kappa shape index (κ3) is 4.93. The zero-order chi connectivity index (χ0) is 25.1. The lowest BCUT2D eigenvalue weighted by atomic mass is 9.92. The van der Waals surface area contributed by atoms with E-state index >= 15 is 0 Å². The predicted octanol–water partition coefficient (Wildman–Crippen LogP) is 6.57. The molecule has 4 rings (SSSR count). The van der Waals surface area contributed by atoms with E-state index in [1.165, 1.54) is 5.56 Å². The molecule has 0 aliphatic heterocycles. The normalized spacial score (nSPS) is 11.5. The number of benzene rings is 2. The van der Waals surface area contributed by atoms with E-state index in [1.807, 2.05) is 38.1 Å². The van der Waals surface area contributed by atoms with Gasteiger partial charge in [0.15, 0.2) is 0 Å². The minimum atomic E-state index is -0.912. The molecule has 2 heterocycles. The number of nitrogens with zero attached hydrogens (tertiary/aromatic N) is 2. The number of nitrogens with one attached hydrogen (secondary N) is 1. The Morgan fingerprint density at radius 2 is 1.83 bits per heavy atom. The Bertz CT molecular complexity index is 1350. The van der Waals surface area contributed by atoms with Crippen LogP contribution in [0.1, 0.15) is 55.1 Å². The number of hydrogen-bond acceptors (Lipinski definition) is 4. The van der Waals surface area contributed by atoms with Gasteiger partial charge in [-0.25, -0.2) is 9.78 Å². The van der Waals surface area contributed by atoms with Crippen LogP contribution in [0.4, 0.5) is 0 Å². The van der Waals surface area contributed by atoms with Crippen LogP contribution in [0.15, 0.2) is 54.7 Å². The van der Waals surface area contributed by atoms with Gasteiger partial charge >= 0.3 is 5.97 Å². The fraction of sp³-hybridized carbons (Fsp3) is 0.310. The van der Waals surface area contributed by atoms with Crippen molar-refractivity contribution >= 4 is 17.0 Å². The lowest BCUT2D eigenvalue weighted by molar-refractivity contribution is 0.0695. The molecule has 0 saturated heterocycles. The summed E-state index contributed by atoms with van der Waals surface area (Å²) in [6, 6.07) is 16.0. The SMILES string of the molecule is CCN(CC)Cc1ccc(OC)c(-c2cc3c(-c4ccc(C(C)C)c(C(=O)O)c4)ccnc3[nH]2)c1. The van der Waals surface area contributed by atoms with Crippen molar-refractivity contribution in [3.63, 3.8) is 0 Å². The van der Waals surface area contributed by atoms with Crippen molar-refractivity contribution in [2.24, 2.45) is 0 Å². The number of hydrogen-bond donors (Lipinski definition) is 2. The molecule has 0 spiro atoms. The quantitative estimate of drug-likeness (QED) is 0.289. The van der Waals surface area contributed by atoms with E-state index in [2.05, 4.69) is 46.9 Å². The van der Waals surface area contributed by atoms with Gasteiger partial charge in [-0.05, 0) is 71.6 Å². The van der Waals surface area contributed by atoms with Gasteiger partial charge in [-0.2, -0.15) is 0 Å². The van der Waals surface area contributed by atoms with Gasteiger partial charge in [0.25, 0.3) is 0 Å². The third-order valence-corrected chi connectivity index (χ3v) is 6.60. The van der Waals surface area contributed by atoms with E-state index in [4.69, 9.17) is 4.74 Å². The number of methoxy groups -OCH3 is 1. The molecule has 0 radical (unpaired) electrons. The molecule has 0 bridgehead atoms.